The summed E-state index contributed by atoms with van der Waals surface area (Å²) in [6.45, 7) is 1.46. The van der Waals surface area contributed by atoms with Gasteiger partial charge in [0.25, 0.3) is 0 Å². The van der Waals surface area contributed by atoms with Crippen LogP contribution in [0.15, 0.2) is 18.2 Å². The lowest BCUT2D eigenvalue weighted by Gasteiger charge is -2.06. The van der Waals surface area contributed by atoms with Crippen LogP contribution in [0.1, 0.15) is 18.4 Å². The normalized spacial score (nSPS) is 18.2. The number of carboxylic acids is 1. The topological polar surface area (TPSA) is 55.8 Å². The number of halogens is 2. The van der Waals surface area contributed by atoms with Crippen LogP contribution in [-0.2, 0) is 4.79 Å². The second-order valence-electron chi connectivity index (χ2n) is 3.43. The summed E-state index contributed by atoms with van der Waals surface area (Å²) >= 11 is 0. The van der Waals surface area contributed by atoms with Crippen LogP contribution >= 0.6 is 0 Å². The molecule has 0 radical (unpaired) electrons. The van der Waals surface area contributed by atoms with E-state index in [0.717, 1.165) is 0 Å². The van der Waals surface area contributed by atoms with Crippen LogP contribution in [0.3, 0.4) is 0 Å². The van der Waals surface area contributed by atoms with Gasteiger partial charge in [0.2, 0.25) is 0 Å². The maximum atomic E-state index is 12.7. The molecular weight excluding hydrogens is 222 g/mol. The number of benzene rings is 1. The number of ether oxygens (including phenoxy) is 2. The zero-order valence-electron chi connectivity index (χ0n) is 8.24. The molecule has 0 aromatic heterocycles. The zero-order valence-corrected chi connectivity index (χ0v) is 8.24. The molecule has 16 heavy (non-hydrogen) atoms. The minimum Gasteiger partial charge on any atom is -0.481 e. The summed E-state index contributed by atoms with van der Waals surface area (Å²) in [4.78, 5) is 10.7. The largest absolute Gasteiger partial charge is 0.586 e. The zero-order chi connectivity index (χ0) is 11.9. The van der Waals surface area contributed by atoms with Gasteiger partial charge in [-0.15, -0.1) is 8.78 Å². The molecule has 1 N–H and O–H groups in total. The fourth-order valence-corrected chi connectivity index (χ4v) is 1.38. The van der Waals surface area contributed by atoms with Gasteiger partial charge in [0.1, 0.15) is 0 Å². The van der Waals surface area contributed by atoms with Gasteiger partial charge in [0.05, 0.1) is 5.92 Å². The Morgan fingerprint density at radius 1 is 1.38 bits per heavy atom. The van der Waals surface area contributed by atoms with Crippen molar-refractivity contribution in [3.05, 3.63) is 23.8 Å². The molecule has 1 aliphatic heterocycles. The number of aliphatic carboxylic acids is 1. The summed E-state index contributed by atoms with van der Waals surface area (Å²) in [7, 11) is 0. The molecule has 6 heteroatoms. The Morgan fingerprint density at radius 2 is 2.00 bits per heavy atom. The van der Waals surface area contributed by atoms with E-state index >= 15 is 0 Å². The fraction of sp³-hybridized carbons (Fsp3) is 0.300. The Labute approximate surface area is 89.4 Å². The van der Waals surface area contributed by atoms with Crippen molar-refractivity contribution in [3.63, 3.8) is 0 Å². The van der Waals surface area contributed by atoms with Gasteiger partial charge < -0.3 is 14.6 Å². The summed E-state index contributed by atoms with van der Waals surface area (Å²) in [5.74, 6) is -2.06. The standard InChI is InChI=1S/C10H8F2O4/c1-5(9(13)14)6-2-3-7-8(4-6)16-10(11,12)15-7/h2-5H,1H3,(H,13,14). The SMILES string of the molecule is CC(C(=O)O)c1ccc2c(c1)OC(F)(F)O2. The molecule has 1 aromatic rings. The number of fused-ring (bicyclic) bond motifs is 1. The van der Waals surface area contributed by atoms with Crippen LogP contribution in [0.25, 0.3) is 0 Å². The van der Waals surface area contributed by atoms with Crippen molar-refractivity contribution in [1.29, 1.82) is 0 Å². The summed E-state index contributed by atoms with van der Waals surface area (Å²) in [6, 6.07) is 3.93. The van der Waals surface area contributed by atoms with Gasteiger partial charge in [0.15, 0.2) is 11.5 Å². The van der Waals surface area contributed by atoms with Gasteiger partial charge in [-0.2, -0.15) is 0 Å². The van der Waals surface area contributed by atoms with Gasteiger partial charge in [-0.25, -0.2) is 0 Å². The second-order valence-corrected chi connectivity index (χ2v) is 3.43. The summed E-state index contributed by atoms with van der Waals surface area (Å²) in [5, 5.41) is 8.77. The van der Waals surface area contributed by atoms with Crippen molar-refractivity contribution in [2.75, 3.05) is 0 Å². The highest BCUT2D eigenvalue weighted by molar-refractivity contribution is 5.76. The lowest BCUT2D eigenvalue weighted by Crippen LogP contribution is -2.25. The number of carbonyl (C=O) groups is 1. The van der Waals surface area contributed by atoms with Crippen molar-refractivity contribution in [2.45, 2.75) is 19.1 Å². The smallest absolute Gasteiger partial charge is 0.481 e. The van der Waals surface area contributed by atoms with Crippen molar-refractivity contribution < 1.29 is 28.2 Å². The first-order chi connectivity index (χ1) is 7.39. The number of alkyl halides is 2. The first kappa shape index (κ1) is 10.7. The molecule has 0 spiro atoms. The highest BCUT2D eigenvalue weighted by atomic mass is 19.3. The molecule has 0 amide bonds. The highest BCUT2D eigenvalue weighted by Crippen LogP contribution is 2.42. The van der Waals surface area contributed by atoms with Crippen LogP contribution in [-0.4, -0.2) is 17.4 Å². The van der Waals surface area contributed by atoms with Crippen LogP contribution in [0.5, 0.6) is 11.5 Å². The predicted molar refractivity (Wildman–Crippen MR) is 48.7 cm³/mol. The minimum absolute atomic E-state index is 0.0914. The summed E-state index contributed by atoms with van der Waals surface area (Å²) < 4.78 is 33.7. The van der Waals surface area contributed by atoms with Gasteiger partial charge >= 0.3 is 12.3 Å². The fourth-order valence-electron chi connectivity index (χ4n) is 1.38. The molecule has 1 heterocycles. The van der Waals surface area contributed by atoms with Crippen molar-refractivity contribution >= 4 is 5.97 Å². The molecule has 4 nitrogen and oxygen atoms in total. The Balaban J connectivity index is 2.32. The van der Waals surface area contributed by atoms with Crippen LogP contribution < -0.4 is 9.47 Å². The van der Waals surface area contributed by atoms with Crippen molar-refractivity contribution in [2.24, 2.45) is 0 Å². The van der Waals surface area contributed by atoms with E-state index in [1.165, 1.54) is 25.1 Å². The third kappa shape index (κ3) is 1.78. The van der Waals surface area contributed by atoms with E-state index in [1.54, 1.807) is 0 Å². The number of rotatable bonds is 2. The minimum atomic E-state index is -3.67. The Morgan fingerprint density at radius 3 is 2.62 bits per heavy atom. The third-order valence-electron chi connectivity index (χ3n) is 2.30. The van der Waals surface area contributed by atoms with Crippen LogP contribution in [0.4, 0.5) is 8.78 Å². The summed E-state index contributed by atoms with van der Waals surface area (Å²) in [5.41, 5.74) is 0.382. The Hall–Kier alpha value is -1.85. The quantitative estimate of drug-likeness (QED) is 0.846. The van der Waals surface area contributed by atoms with E-state index in [0.29, 0.717) is 5.56 Å². The summed E-state index contributed by atoms with van der Waals surface area (Å²) in [6.07, 6.45) is -3.67. The van der Waals surface area contributed by atoms with Crippen LogP contribution in [0, 0.1) is 0 Å². The predicted octanol–water partition coefficient (Wildman–Crippen LogP) is 2.20. The lowest BCUT2D eigenvalue weighted by molar-refractivity contribution is -0.286. The molecule has 1 aromatic carbocycles. The van der Waals surface area contributed by atoms with E-state index in [-0.39, 0.29) is 11.5 Å². The molecule has 0 saturated heterocycles. The van der Waals surface area contributed by atoms with Gasteiger partial charge in [-0.3, -0.25) is 4.79 Å². The Kier molecular flexibility index (Phi) is 2.22. The monoisotopic (exact) mass is 230 g/mol. The van der Waals surface area contributed by atoms with E-state index in [4.69, 9.17) is 5.11 Å². The molecule has 0 fully saturated rings. The molecule has 1 unspecified atom stereocenters. The maximum absolute atomic E-state index is 12.7. The van der Waals surface area contributed by atoms with E-state index in [9.17, 15) is 13.6 Å². The molecular formula is C10H8F2O4. The van der Waals surface area contributed by atoms with E-state index in [2.05, 4.69) is 9.47 Å². The average Bonchev–Trinajstić information content (AvgIpc) is 2.48. The van der Waals surface area contributed by atoms with Gasteiger partial charge in [-0.05, 0) is 24.6 Å². The third-order valence-corrected chi connectivity index (χ3v) is 2.30. The lowest BCUT2D eigenvalue weighted by atomic mass is 10.0. The van der Waals surface area contributed by atoms with Crippen molar-refractivity contribution in [1.82, 2.24) is 0 Å². The maximum Gasteiger partial charge on any atom is 0.586 e. The molecule has 0 aliphatic carbocycles. The van der Waals surface area contributed by atoms with Gasteiger partial charge in [-0.1, -0.05) is 6.07 Å². The van der Waals surface area contributed by atoms with E-state index < -0.39 is 18.2 Å². The first-order valence-corrected chi connectivity index (χ1v) is 4.51. The average molecular weight is 230 g/mol. The van der Waals surface area contributed by atoms with Crippen molar-refractivity contribution in [3.8, 4) is 11.5 Å². The number of carboxylic acid groups (broad SMARTS) is 1. The second kappa shape index (κ2) is 3.33. The van der Waals surface area contributed by atoms with E-state index in [1.807, 2.05) is 0 Å². The first-order valence-electron chi connectivity index (χ1n) is 4.51. The molecule has 0 saturated carbocycles. The molecule has 86 valence electrons. The molecule has 1 atom stereocenters. The molecule has 0 bridgehead atoms. The van der Waals surface area contributed by atoms with Crippen LogP contribution in [0.2, 0.25) is 0 Å². The number of hydrogen-bond acceptors (Lipinski definition) is 3. The molecule has 2 rings (SSSR count). The highest BCUT2D eigenvalue weighted by Gasteiger charge is 2.43. The Bertz CT molecular complexity index is 444. The number of hydrogen-bond donors (Lipinski definition) is 1. The van der Waals surface area contributed by atoms with Gasteiger partial charge in [0, 0.05) is 0 Å². The molecule has 1 aliphatic rings.